The Bertz CT molecular complexity index is 1430. The first-order valence-electron chi connectivity index (χ1n) is 11.3. The molecule has 4 aromatic rings. The Kier molecular flexibility index (Phi) is 6.51. The van der Waals surface area contributed by atoms with Crippen molar-refractivity contribution in [2.24, 2.45) is 11.7 Å². The number of hydrogen-bond acceptors (Lipinski definition) is 6. The highest BCUT2D eigenvalue weighted by Gasteiger charge is 2.57. The number of Topliss-reactive ketones (excluding diaryl/α,β-unsaturated/α-hetero) is 1. The number of nitrogens with two attached hydrogens (primary N) is 1. The van der Waals surface area contributed by atoms with Gasteiger partial charge in [-0.05, 0) is 46.2 Å². The number of amides is 2. The highest BCUT2D eigenvalue weighted by atomic mass is 32.1. The van der Waals surface area contributed by atoms with Crippen molar-refractivity contribution in [2.45, 2.75) is 18.0 Å². The largest absolute Gasteiger partial charge is 0.368 e. The minimum Gasteiger partial charge on any atom is -0.368 e. The van der Waals surface area contributed by atoms with Gasteiger partial charge in [0.2, 0.25) is 5.91 Å². The van der Waals surface area contributed by atoms with E-state index in [1.807, 2.05) is 35.7 Å². The van der Waals surface area contributed by atoms with Crippen molar-refractivity contribution in [1.29, 1.82) is 5.26 Å². The molecule has 2 aromatic carbocycles. The first-order chi connectivity index (χ1) is 17.5. The van der Waals surface area contributed by atoms with Crippen LogP contribution in [-0.2, 0) is 4.79 Å². The maximum atomic E-state index is 14.1. The standard InChI is InChI=1S/C28H21N3O3S2/c29-16-17-10-12-18(13-11-17)22-23(26(32)20-8-4-14-35-20)24(19-6-2-1-3-7-19)31(25(22)27(30)33)28(34)21-9-5-15-36-21/h1-15,22-25H,(H2,30,33). The third-order valence-electron chi connectivity index (χ3n) is 6.56. The van der Waals surface area contributed by atoms with E-state index >= 15 is 0 Å². The maximum absolute atomic E-state index is 14.1. The lowest BCUT2D eigenvalue weighted by Crippen LogP contribution is -2.46. The summed E-state index contributed by atoms with van der Waals surface area (Å²) in [4.78, 5) is 43.6. The predicted octanol–water partition coefficient (Wildman–Crippen LogP) is 5.02. The van der Waals surface area contributed by atoms with Crippen LogP contribution < -0.4 is 5.73 Å². The fraction of sp³-hybridized carbons (Fsp3) is 0.143. The normalized spacial score (nSPS) is 21.1. The molecule has 1 saturated heterocycles. The second-order valence-electron chi connectivity index (χ2n) is 8.52. The van der Waals surface area contributed by atoms with Crippen molar-refractivity contribution in [1.82, 2.24) is 4.90 Å². The first-order valence-corrected chi connectivity index (χ1v) is 13.1. The minimum absolute atomic E-state index is 0.152. The molecule has 2 N–H and O–H groups in total. The Morgan fingerprint density at radius 1 is 0.806 bits per heavy atom. The van der Waals surface area contributed by atoms with E-state index in [1.165, 1.54) is 27.6 Å². The van der Waals surface area contributed by atoms with Crippen LogP contribution in [0.5, 0.6) is 0 Å². The number of rotatable bonds is 6. The Balaban J connectivity index is 1.76. The van der Waals surface area contributed by atoms with Gasteiger partial charge in [0.05, 0.1) is 33.3 Å². The molecule has 3 heterocycles. The van der Waals surface area contributed by atoms with Crippen LogP contribution in [0.15, 0.2) is 89.6 Å². The molecule has 8 heteroatoms. The molecule has 1 fully saturated rings. The molecule has 1 aliphatic heterocycles. The Hall–Kier alpha value is -4.06. The van der Waals surface area contributed by atoms with Gasteiger partial charge in [0, 0.05) is 5.92 Å². The number of ketones is 1. The maximum Gasteiger partial charge on any atom is 0.265 e. The number of benzene rings is 2. The van der Waals surface area contributed by atoms with Gasteiger partial charge in [0.15, 0.2) is 5.78 Å². The number of hydrogen-bond donors (Lipinski definition) is 1. The lowest BCUT2D eigenvalue weighted by atomic mass is 9.77. The van der Waals surface area contributed by atoms with E-state index in [4.69, 9.17) is 5.73 Å². The molecular formula is C28H21N3O3S2. The van der Waals surface area contributed by atoms with Crippen LogP contribution >= 0.6 is 22.7 Å². The highest BCUT2D eigenvalue weighted by molar-refractivity contribution is 7.12. The number of thiophene rings is 2. The smallest absolute Gasteiger partial charge is 0.265 e. The Morgan fingerprint density at radius 2 is 1.44 bits per heavy atom. The van der Waals surface area contributed by atoms with Crippen LogP contribution in [0.2, 0.25) is 0 Å². The second kappa shape index (κ2) is 9.90. The van der Waals surface area contributed by atoms with E-state index in [1.54, 1.807) is 53.9 Å². The number of nitrogens with zero attached hydrogens (tertiary/aromatic N) is 2. The SMILES string of the molecule is N#Cc1ccc(C2C(C(=O)c3cccs3)C(c3ccccc3)N(C(=O)c3cccs3)C2C(N)=O)cc1. The summed E-state index contributed by atoms with van der Waals surface area (Å²) >= 11 is 2.60. The molecule has 0 spiro atoms. The molecule has 4 unspecified atom stereocenters. The third-order valence-corrected chi connectivity index (χ3v) is 8.30. The van der Waals surface area contributed by atoms with Crippen LogP contribution in [0, 0.1) is 17.2 Å². The second-order valence-corrected chi connectivity index (χ2v) is 10.4. The predicted molar refractivity (Wildman–Crippen MR) is 139 cm³/mol. The van der Waals surface area contributed by atoms with Crippen molar-refractivity contribution >= 4 is 40.3 Å². The summed E-state index contributed by atoms with van der Waals surface area (Å²) in [6.07, 6.45) is 0. The molecular weight excluding hydrogens is 490 g/mol. The number of likely N-dealkylation sites (tertiary alicyclic amines) is 1. The van der Waals surface area contributed by atoms with Gasteiger partial charge in [0.25, 0.3) is 5.91 Å². The van der Waals surface area contributed by atoms with Gasteiger partial charge in [0.1, 0.15) is 6.04 Å². The molecule has 0 saturated carbocycles. The number of nitriles is 1. The zero-order valence-corrected chi connectivity index (χ0v) is 20.6. The van der Waals surface area contributed by atoms with Gasteiger partial charge >= 0.3 is 0 Å². The molecule has 36 heavy (non-hydrogen) atoms. The van der Waals surface area contributed by atoms with E-state index in [-0.39, 0.29) is 11.7 Å². The van der Waals surface area contributed by atoms with E-state index in [2.05, 4.69) is 6.07 Å². The van der Waals surface area contributed by atoms with Crippen molar-refractivity contribution < 1.29 is 14.4 Å². The van der Waals surface area contributed by atoms with Crippen LogP contribution in [0.25, 0.3) is 0 Å². The lowest BCUT2D eigenvalue weighted by Gasteiger charge is -2.30. The van der Waals surface area contributed by atoms with Crippen LogP contribution in [-0.4, -0.2) is 28.5 Å². The fourth-order valence-electron chi connectivity index (χ4n) is 5.08. The van der Waals surface area contributed by atoms with Crippen LogP contribution in [0.4, 0.5) is 0 Å². The molecule has 2 amide bonds. The van der Waals surface area contributed by atoms with Gasteiger partial charge in [-0.2, -0.15) is 5.26 Å². The van der Waals surface area contributed by atoms with E-state index in [0.717, 1.165) is 5.56 Å². The topological polar surface area (TPSA) is 104 Å². The summed E-state index contributed by atoms with van der Waals surface area (Å²) in [6, 6.07) is 23.5. The fourth-order valence-corrected chi connectivity index (χ4v) is 6.46. The summed E-state index contributed by atoms with van der Waals surface area (Å²) in [7, 11) is 0. The van der Waals surface area contributed by atoms with Crippen LogP contribution in [0.3, 0.4) is 0 Å². The van der Waals surface area contributed by atoms with Gasteiger partial charge in [-0.25, -0.2) is 0 Å². The van der Waals surface area contributed by atoms with Gasteiger partial charge in [-0.15, -0.1) is 22.7 Å². The molecule has 0 aliphatic carbocycles. The Labute approximate surface area is 216 Å². The molecule has 1 aliphatic rings. The Morgan fingerprint density at radius 3 is 2.00 bits per heavy atom. The monoisotopic (exact) mass is 511 g/mol. The van der Waals surface area contributed by atoms with Gasteiger partial charge < -0.3 is 10.6 Å². The van der Waals surface area contributed by atoms with Gasteiger partial charge in [-0.1, -0.05) is 54.6 Å². The highest BCUT2D eigenvalue weighted by Crippen LogP contribution is 2.52. The lowest BCUT2D eigenvalue weighted by molar-refractivity contribution is -0.122. The van der Waals surface area contributed by atoms with E-state index in [0.29, 0.717) is 20.9 Å². The molecule has 2 aromatic heterocycles. The molecule has 5 rings (SSSR count). The quantitative estimate of drug-likeness (QED) is 0.367. The van der Waals surface area contributed by atoms with Crippen LogP contribution in [0.1, 0.15) is 48.0 Å². The molecule has 178 valence electrons. The average molecular weight is 512 g/mol. The minimum atomic E-state index is -1.06. The summed E-state index contributed by atoms with van der Waals surface area (Å²) in [6.45, 7) is 0. The van der Waals surface area contributed by atoms with Gasteiger partial charge in [-0.3, -0.25) is 14.4 Å². The molecule has 4 atom stereocenters. The zero-order valence-electron chi connectivity index (χ0n) is 19.0. The third kappa shape index (κ3) is 4.13. The average Bonchev–Trinajstić information content (AvgIpc) is 3.68. The van der Waals surface area contributed by atoms with Crippen molar-refractivity contribution in [3.8, 4) is 6.07 Å². The molecule has 0 bridgehead atoms. The van der Waals surface area contributed by atoms with Crippen molar-refractivity contribution in [3.05, 3.63) is 116 Å². The summed E-state index contributed by atoms with van der Waals surface area (Å²) in [5, 5.41) is 12.9. The summed E-state index contributed by atoms with van der Waals surface area (Å²) in [5.74, 6) is -2.64. The zero-order chi connectivity index (χ0) is 25.2. The molecule has 6 nitrogen and oxygen atoms in total. The van der Waals surface area contributed by atoms with Crippen molar-refractivity contribution in [3.63, 3.8) is 0 Å². The number of carbonyl (C=O) groups is 3. The number of primary amides is 1. The summed E-state index contributed by atoms with van der Waals surface area (Å²) in [5.41, 5.74) is 7.88. The van der Waals surface area contributed by atoms with E-state index < -0.39 is 29.8 Å². The first kappa shape index (κ1) is 23.7. The summed E-state index contributed by atoms with van der Waals surface area (Å²) < 4.78 is 0. The van der Waals surface area contributed by atoms with Crippen molar-refractivity contribution in [2.75, 3.05) is 0 Å². The number of carbonyl (C=O) groups excluding carboxylic acids is 3. The molecule has 0 radical (unpaired) electrons. The van der Waals surface area contributed by atoms with E-state index in [9.17, 15) is 19.6 Å².